The van der Waals surface area contributed by atoms with Crippen LogP contribution >= 0.6 is 0 Å². The van der Waals surface area contributed by atoms with Gasteiger partial charge in [0.05, 0.1) is 6.10 Å². The van der Waals surface area contributed by atoms with E-state index < -0.39 is 6.10 Å². The number of unbranched alkanes of at least 4 members (excludes halogenated alkanes) is 8. The molecule has 0 aliphatic carbocycles. The Morgan fingerprint density at radius 2 is 1.11 bits per heavy atom. The first-order chi connectivity index (χ1) is 13.2. The third-order valence-corrected chi connectivity index (χ3v) is 4.32. The SMILES string of the molecule is CCCCCCCCCCNc1nc(NCCCC)nc(NCC(C)O)n1. The summed E-state index contributed by atoms with van der Waals surface area (Å²) < 4.78 is 0. The zero-order valence-corrected chi connectivity index (χ0v) is 17.6. The molecule has 0 fully saturated rings. The lowest BCUT2D eigenvalue weighted by atomic mass is 10.1. The van der Waals surface area contributed by atoms with Crippen molar-refractivity contribution >= 4 is 17.8 Å². The molecule has 0 aliphatic heterocycles. The molecule has 7 nitrogen and oxygen atoms in total. The van der Waals surface area contributed by atoms with Gasteiger partial charge in [-0.25, -0.2) is 0 Å². The summed E-state index contributed by atoms with van der Waals surface area (Å²) in [5.74, 6) is 1.65. The van der Waals surface area contributed by atoms with E-state index in [2.05, 4.69) is 44.7 Å². The molecule has 0 saturated heterocycles. The van der Waals surface area contributed by atoms with Crippen molar-refractivity contribution < 1.29 is 5.11 Å². The van der Waals surface area contributed by atoms with Gasteiger partial charge in [-0.1, -0.05) is 65.2 Å². The molecule has 0 amide bonds. The monoisotopic (exact) mass is 380 g/mol. The van der Waals surface area contributed by atoms with Gasteiger partial charge in [-0.2, -0.15) is 15.0 Å². The predicted octanol–water partition coefficient (Wildman–Crippen LogP) is 4.43. The number of hydrogen-bond donors (Lipinski definition) is 4. The van der Waals surface area contributed by atoms with Crippen molar-refractivity contribution in [3.05, 3.63) is 0 Å². The molecule has 0 aliphatic rings. The van der Waals surface area contributed by atoms with Crippen molar-refractivity contribution in [2.45, 2.75) is 91.1 Å². The van der Waals surface area contributed by atoms with Gasteiger partial charge in [-0.05, 0) is 19.8 Å². The maximum absolute atomic E-state index is 9.45. The molecule has 0 radical (unpaired) electrons. The van der Waals surface area contributed by atoms with Gasteiger partial charge in [0, 0.05) is 19.6 Å². The number of aromatic nitrogens is 3. The van der Waals surface area contributed by atoms with Crippen molar-refractivity contribution in [3.63, 3.8) is 0 Å². The highest BCUT2D eigenvalue weighted by Crippen LogP contribution is 2.11. The van der Waals surface area contributed by atoms with Gasteiger partial charge >= 0.3 is 0 Å². The summed E-state index contributed by atoms with van der Waals surface area (Å²) in [6, 6.07) is 0. The molecule has 1 aromatic rings. The van der Waals surface area contributed by atoms with E-state index in [9.17, 15) is 5.11 Å². The normalized spacial score (nSPS) is 12.0. The number of nitrogens with one attached hydrogen (secondary N) is 3. The van der Waals surface area contributed by atoms with Crippen LogP contribution in [0.5, 0.6) is 0 Å². The molecule has 1 unspecified atom stereocenters. The first kappa shape index (κ1) is 23.4. The Hall–Kier alpha value is -1.63. The number of anilines is 3. The average molecular weight is 381 g/mol. The van der Waals surface area contributed by atoms with Crippen LogP contribution < -0.4 is 16.0 Å². The van der Waals surface area contributed by atoms with Crippen LogP contribution in [0.4, 0.5) is 17.8 Å². The van der Waals surface area contributed by atoms with Crippen LogP contribution in [0.2, 0.25) is 0 Å². The van der Waals surface area contributed by atoms with Crippen LogP contribution in [0, 0.1) is 0 Å². The number of nitrogens with zero attached hydrogens (tertiary/aromatic N) is 3. The van der Waals surface area contributed by atoms with E-state index in [0.717, 1.165) is 32.4 Å². The van der Waals surface area contributed by atoms with Crippen LogP contribution in [0.3, 0.4) is 0 Å². The van der Waals surface area contributed by atoms with Crippen LogP contribution in [-0.4, -0.2) is 45.8 Å². The fourth-order valence-corrected chi connectivity index (χ4v) is 2.69. The highest BCUT2D eigenvalue weighted by atomic mass is 16.3. The van der Waals surface area contributed by atoms with Crippen LogP contribution in [-0.2, 0) is 0 Å². The van der Waals surface area contributed by atoms with E-state index in [0.29, 0.717) is 24.4 Å². The smallest absolute Gasteiger partial charge is 0.229 e. The summed E-state index contributed by atoms with van der Waals surface area (Å²) in [7, 11) is 0. The number of rotatable bonds is 17. The second-order valence-corrected chi connectivity index (χ2v) is 7.22. The third kappa shape index (κ3) is 12.4. The molecule has 27 heavy (non-hydrogen) atoms. The second kappa shape index (κ2) is 15.4. The molecule has 1 heterocycles. The lowest BCUT2D eigenvalue weighted by Gasteiger charge is -2.12. The van der Waals surface area contributed by atoms with Crippen molar-refractivity contribution in [3.8, 4) is 0 Å². The molecule has 0 bridgehead atoms. The Morgan fingerprint density at radius 1 is 0.667 bits per heavy atom. The summed E-state index contributed by atoms with van der Waals surface area (Å²) in [4.78, 5) is 13.2. The highest BCUT2D eigenvalue weighted by Gasteiger charge is 2.07. The summed E-state index contributed by atoms with van der Waals surface area (Å²) in [6.07, 6.45) is 12.1. The van der Waals surface area contributed by atoms with Gasteiger partial charge in [0.1, 0.15) is 0 Å². The first-order valence-electron chi connectivity index (χ1n) is 10.8. The second-order valence-electron chi connectivity index (χ2n) is 7.22. The third-order valence-electron chi connectivity index (χ3n) is 4.32. The molecular formula is C20H40N6O. The molecule has 156 valence electrons. The lowest BCUT2D eigenvalue weighted by molar-refractivity contribution is 0.208. The minimum atomic E-state index is -0.452. The summed E-state index contributed by atoms with van der Waals surface area (Å²) in [6.45, 7) is 8.26. The largest absolute Gasteiger partial charge is 0.392 e. The van der Waals surface area contributed by atoms with E-state index in [1.807, 2.05) is 0 Å². The van der Waals surface area contributed by atoms with E-state index >= 15 is 0 Å². The average Bonchev–Trinajstić information content (AvgIpc) is 2.65. The number of aliphatic hydroxyl groups excluding tert-OH is 1. The summed E-state index contributed by atoms with van der Waals surface area (Å²) >= 11 is 0. The molecular weight excluding hydrogens is 340 g/mol. The van der Waals surface area contributed by atoms with Crippen molar-refractivity contribution in [2.24, 2.45) is 0 Å². The molecule has 7 heteroatoms. The quantitative estimate of drug-likeness (QED) is 0.297. The van der Waals surface area contributed by atoms with E-state index in [-0.39, 0.29) is 0 Å². The summed E-state index contributed by atoms with van der Waals surface area (Å²) in [5.41, 5.74) is 0. The van der Waals surface area contributed by atoms with Crippen LogP contribution in [0.15, 0.2) is 0 Å². The Kier molecular flexibility index (Phi) is 13.4. The molecule has 1 aromatic heterocycles. The minimum Gasteiger partial charge on any atom is -0.392 e. The van der Waals surface area contributed by atoms with E-state index in [1.54, 1.807) is 6.92 Å². The zero-order valence-electron chi connectivity index (χ0n) is 17.6. The van der Waals surface area contributed by atoms with Crippen LogP contribution in [0.1, 0.15) is 85.0 Å². The maximum Gasteiger partial charge on any atom is 0.229 e. The Balaban J connectivity index is 2.39. The minimum absolute atomic E-state index is 0.413. The number of hydrogen-bond acceptors (Lipinski definition) is 7. The Morgan fingerprint density at radius 3 is 1.63 bits per heavy atom. The Labute approximate surface area is 165 Å². The summed E-state index contributed by atoms with van der Waals surface area (Å²) in [5, 5.41) is 19.1. The molecule has 0 saturated carbocycles. The van der Waals surface area contributed by atoms with Crippen molar-refractivity contribution in [2.75, 3.05) is 35.6 Å². The molecule has 1 atom stereocenters. The van der Waals surface area contributed by atoms with Gasteiger partial charge in [-0.3, -0.25) is 0 Å². The van der Waals surface area contributed by atoms with Gasteiger partial charge in [0.2, 0.25) is 17.8 Å². The van der Waals surface area contributed by atoms with Gasteiger partial charge in [0.25, 0.3) is 0 Å². The number of aliphatic hydroxyl groups is 1. The van der Waals surface area contributed by atoms with Gasteiger partial charge < -0.3 is 21.1 Å². The lowest BCUT2D eigenvalue weighted by Crippen LogP contribution is -2.19. The fourth-order valence-electron chi connectivity index (χ4n) is 2.69. The van der Waals surface area contributed by atoms with Crippen molar-refractivity contribution in [1.82, 2.24) is 15.0 Å². The van der Waals surface area contributed by atoms with Crippen LogP contribution in [0.25, 0.3) is 0 Å². The molecule has 0 aromatic carbocycles. The highest BCUT2D eigenvalue weighted by molar-refractivity contribution is 5.42. The standard InChI is InChI=1S/C20H40N6O/c1-4-6-8-9-10-11-12-13-15-22-19-24-18(21-14-7-5-2)25-20(26-19)23-16-17(3)27/h17,27H,4-16H2,1-3H3,(H3,21,22,23,24,25,26). The van der Waals surface area contributed by atoms with Gasteiger partial charge in [-0.15, -0.1) is 0 Å². The first-order valence-corrected chi connectivity index (χ1v) is 10.8. The van der Waals surface area contributed by atoms with Gasteiger partial charge in [0.15, 0.2) is 0 Å². The van der Waals surface area contributed by atoms with Crippen molar-refractivity contribution in [1.29, 1.82) is 0 Å². The fraction of sp³-hybridized carbons (Fsp3) is 0.850. The molecule has 0 spiro atoms. The maximum atomic E-state index is 9.45. The topological polar surface area (TPSA) is 95.0 Å². The van der Waals surface area contributed by atoms with E-state index in [1.165, 1.54) is 44.9 Å². The predicted molar refractivity (Wildman–Crippen MR) is 114 cm³/mol. The molecule has 4 N–H and O–H groups in total. The zero-order chi connectivity index (χ0) is 19.7. The van der Waals surface area contributed by atoms with E-state index in [4.69, 9.17) is 0 Å². The molecule has 1 rings (SSSR count). The Bertz CT molecular complexity index is 484.